The summed E-state index contributed by atoms with van der Waals surface area (Å²) in [5.74, 6) is 0.425. The van der Waals surface area contributed by atoms with Gasteiger partial charge in [-0.2, -0.15) is 0 Å². The van der Waals surface area contributed by atoms with E-state index in [0.717, 1.165) is 19.7 Å². The smallest absolute Gasteiger partial charge is 0.133 e. The molecule has 1 atom stereocenters. The van der Waals surface area contributed by atoms with E-state index < -0.39 is 0 Å². The van der Waals surface area contributed by atoms with Crippen LogP contribution in [-0.4, -0.2) is 29.1 Å². The van der Waals surface area contributed by atoms with Crippen molar-refractivity contribution in [3.05, 3.63) is 38.8 Å². The van der Waals surface area contributed by atoms with Gasteiger partial charge in [0.05, 0.1) is 12.6 Å². The minimum Gasteiger partial charge on any atom is -0.507 e. The second-order valence-corrected chi connectivity index (χ2v) is 6.94. The second kappa shape index (κ2) is 6.90. The average molecular weight is 415 g/mol. The van der Waals surface area contributed by atoms with E-state index in [0.29, 0.717) is 5.56 Å². The molecule has 2 aromatic carbocycles. The largest absolute Gasteiger partial charge is 0.507 e. The lowest BCUT2D eigenvalue weighted by atomic mass is 10.0. The molecular weight excluding hydrogens is 398 g/mol. The molecule has 0 bridgehead atoms. The van der Waals surface area contributed by atoms with Gasteiger partial charge in [-0.1, -0.05) is 57.8 Å². The number of phenolic OH excluding ortho intramolecular Hbond substituents is 1. The van der Waals surface area contributed by atoms with E-state index in [1.54, 1.807) is 6.21 Å². The minimum absolute atomic E-state index is 0.00657. The number of rotatable bonds is 4. The first-order valence-corrected chi connectivity index (χ1v) is 8.28. The molecule has 2 N–H and O–H groups in total. The van der Waals surface area contributed by atoms with Crippen molar-refractivity contribution < 1.29 is 10.2 Å². The summed E-state index contributed by atoms with van der Waals surface area (Å²) in [7, 11) is 0. The van der Waals surface area contributed by atoms with Gasteiger partial charge in [0.15, 0.2) is 0 Å². The Hall–Kier alpha value is -0.910. The monoisotopic (exact) mass is 413 g/mol. The Bertz CT molecular complexity index is 684. The molecule has 21 heavy (non-hydrogen) atoms. The van der Waals surface area contributed by atoms with E-state index in [4.69, 9.17) is 0 Å². The van der Waals surface area contributed by atoms with Crippen molar-refractivity contribution in [2.75, 3.05) is 6.61 Å². The number of aliphatic hydroxyl groups excluding tert-OH is 1. The van der Waals surface area contributed by atoms with E-state index in [2.05, 4.69) is 36.9 Å². The van der Waals surface area contributed by atoms with Gasteiger partial charge in [-0.05, 0) is 18.1 Å². The number of phenols is 1. The number of hydrogen-bond acceptors (Lipinski definition) is 3. The SMILES string of the molecule is CC(C)[C@@H](CO)N=Cc1cc(Br)c2cccc(Br)c2c1O. The standard InChI is InChI=1S/C16H17Br2NO2/c1-9(2)14(8-20)19-7-10-6-13(18)11-4-3-5-12(17)15(11)16(10)21/h3-7,9,14,20-21H,8H2,1-2H3/t14-/m1/s1. The summed E-state index contributed by atoms with van der Waals surface area (Å²) in [6.45, 7) is 4.00. The summed E-state index contributed by atoms with van der Waals surface area (Å²) < 4.78 is 1.72. The van der Waals surface area contributed by atoms with E-state index >= 15 is 0 Å². The van der Waals surface area contributed by atoms with Gasteiger partial charge in [0.1, 0.15) is 5.75 Å². The summed E-state index contributed by atoms with van der Waals surface area (Å²) in [6, 6.07) is 7.42. The molecule has 3 nitrogen and oxygen atoms in total. The molecule has 0 saturated heterocycles. The van der Waals surface area contributed by atoms with Crippen LogP contribution in [0.1, 0.15) is 19.4 Å². The maximum Gasteiger partial charge on any atom is 0.133 e. The van der Waals surface area contributed by atoms with E-state index in [1.807, 2.05) is 38.1 Å². The Kier molecular flexibility index (Phi) is 5.41. The average Bonchev–Trinajstić information content (AvgIpc) is 2.44. The molecule has 0 radical (unpaired) electrons. The molecule has 0 heterocycles. The lowest BCUT2D eigenvalue weighted by Gasteiger charge is -2.13. The number of aliphatic imine (C=N–C) groups is 1. The molecule has 0 aliphatic carbocycles. The minimum atomic E-state index is -0.168. The summed E-state index contributed by atoms with van der Waals surface area (Å²) in [5, 5.41) is 21.5. The lowest BCUT2D eigenvalue weighted by molar-refractivity contribution is 0.240. The molecule has 0 aliphatic rings. The predicted molar refractivity (Wildman–Crippen MR) is 94.3 cm³/mol. The third-order valence-corrected chi connectivity index (χ3v) is 4.74. The molecule has 0 aliphatic heterocycles. The van der Waals surface area contributed by atoms with Crippen molar-refractivity contribution in [1.82, 2.24) is 0 Å². The molecule has 0 aromatic heterocycles. The highest BCUT2D eigenvalue weighted by Gasteiger charge is 2.13. The van der Waals surface area contributed by atoms with Crippen LogP contribution in [0.5, 0.6) is 5.75 Å². The summed E-state index contributed by atoms with van der Waals surface area (Å²) >= 11 is 6.99. The number of aromatic hydroxyl groups is 1. The molecule has 0 unspecified atom stereocenters. The zero-order chi connectivity index (χ0) is 15.6. The van der Waals surface area contributed by atoms with Crippen LogP contribution in [-0.2, 0) is 0 Å². The van der Waals surface area contributed by atoms with Crippen molar-refractivity contribution >= 4 is 48.8 Å². The van der Waals surface area contributed by atoms with Crippen LogP contribution in [0.2, 0.25) is 0 Å². The number of benzene rings is 2. The molecule has 5 heteroatoms. The molecule has 0 fully saturated rings. The lowest BCUT2D eigenvalue weighted by Crippen LogP contribution is -2.17. The number of halogens is 2. The summed E-state index contributed by atoms with van der Waals surface area (Å²) in [4.78, 5) is 4.38. The van der Waals surface area contributed by atoms with Crippen molar-refractivity contribution in [1.29, 1.82) is 0 Å². The summed E-state index contributed by atoms with van der Waals surface area (Å²) in [6.07, 6.45) is 1.62. The van der Waals surface area contributed by atoms with Gasteiger partial charge < -0.3 is 10.2 Å². The fraction of sp³-hybridized carbons (Fsp3) is 0.312. The summed E-state index contributed by atoms with van der Waals surface area (Å²) in [5.41, 5.74) is 0.625. The van der Waals surface area contributed by atoms with Gasteiger partial charge in [0, 0.05) is 31.5 Å². The zero-order valence-corrected chi connectivity index (χ0v) is 15.0. The molecule has 0 saturated carbocycles. The van der Waals surface area contributed by atoms with Gasteiger partial charge in [-0.25, -0.2) is 0 Å². The molecule has 2 aromatic rings. The Morgan fingerprint density at radius 1 is 1.24 bits per heavy atom. The van der Waals surface area contributed by atoms with E-state index in [9.17, 15) is 10.2 Å². The van der Waals surface area contributed by atoms with Crippen LogP contribution in [0, 0.1) is 5.92 Å². The molecule has 112 valence electrons. The first-order valence-electron chi connectivity index (χ1n) is 6.69. The highest BCUT2D eigenvalue weighted by atomic mass is 79.9. The first kappa shape index (κ1) is 16.5. The Balaban J connectivity index is 2.53. The fourth-order valence-corrected chi connectivity index (χ4v) is 3.23. The number of aliphatic hydroxyl groups is 1. The van der Waals surface area contributed by atoms with Crippen LogP contribution >= 0.6 is 31.9 Å². The quantitative estimate of drug-likeness (QED) is 0.723. The first-order chi connectivity index (χ1) is 9.95. The van der Waals surface area contributed by atoms with Crippen LogP contribution < -0.4 is 0 Å². The van der Waals surface area contributed by atoms with E-state index in [-0.39, 0.29) is 24.3 Å². The van der Waals surface area contributed by atoms with Gasteiger partial charge in [0.2, 0.25) is 0 Å². The van der Waals surface area contributed by atoms with E-state index in [1.165, 1.54) is 0 Å². The van der Waals surface area contributed by atoms with Gasteiger partial charge in [-0.3, -0.25) is 4.99 Å². The van der Waals surface area contributed by atoms with Crippen molar-refractivity contribution in [2.45, 2.75) is 19.9 Å². The third-order valence-electron chi connectivity index (χ3n) is 3.43. The Morgan fingerprint density at radius 2 is 1.95 bits per heavy atom. The van der Waals surface area contributed by atoms with Crippen molar-refractivity contribution in [2.24, 2.45) is 10.9 Å². The van der Waals surface area contributed by atoms with Crippen LogP contribution in [0.25, 0.3) is 10.8 Å². The van der Waals surface area contributed by atoms with Crippen LogP contribution in [0.15, 0.2) is 38.2 Å². The van der Waals surface area contributed by atoms with Gasteiger partial charge in [-0.15, -0.1) is 0 Å². The number of fused-ring (bicyclic) bond motifs is 1. The highest BCUT2D eigenvalue weighted by molar-refractivity contribution is 9.11. The molecule has 0 spiro atoms. The van der Waals surface area contributed by atoms with Crippen LogP contribution in [0.3, 0.4) is 0 Å². The molecule has 0 amide bonds. The number of hydrogen-bond donors (Lipinski definition) is 2. The molecular formula is C16H17Br2NO2. The maximum absolute atomic E-state index is 10.5. The van der Waals surface area contributed by atoms with Crippen molar-refractivity contribution in [3.8, 4) is 5.75 Å². The maximum atomic E-state index is 10.5. The zero-order valence-electron chi connectivity index (χ0n) is 11.8. The van der Waals surface area contributed by atoms with Gasteiger partial charge in [0.25, 0.3) is 0 Å². The van der Waals surface area contributed by atoms with Crippen molar-refractivity contribution in [3.63, 3.8) is 0 Å². The number of nitrogens with zero attached hydrogens (tertiary/aromatic N) is 1. The highest BCUT2D eigenvalue weighted by Crippen LogP contribution is 2.38. The fourth-order valence-electron chi connectivity index (χ4n) is 2.10. The Labute approximate surface area is 141 Å². The topological polar surface area (TPSA) is 52.8 Å². The third kappa shape index (κ3) is 3.47. The molecule has 2 rings (SSSR count). The Morgan fingerprint density at radius 3 is 2.57 bits per heavy atom. The van der Waals surface area contributed by atoms with Gasteiger partial charge >= 0.3 is 0 Å². The van der Waals surface area contributed by atoms with Crippen LogP contribution in [0.4, 0.5) is 0 Å². The predicted octanol–water partition coefficient (Wildman–Crippen LogP) is 4.51. The second-order valence-electron chi connectivity index (χ2n) is 5.23. The normalized spacial score (nSPS) is 13.4.